The lowest BCUT2D eigenvalue weighted by atomic mass is 10.3. The van der Waals surface area contributed by atoms with Crippen LogP contribution < -0.4 is 0 Å². The van der Waals surface area contributed by atoms with Gasteiger partial charge in [0, 0.05) is 11.2 Å². The number of benzene rings is 1. The quantitative estimate of drug-likeness (QED) is 0.787. The van der Waals surface area contributed by atoms with Crippen LogP contribution in [-0.2, 0) is 4.74 Å². The van der Waals surface area contributed by atoms with Crippen molar-refractivity contribution in [1.82, 2.24) is 9.78 Å². The minimum Gasteiger partial charge on any atom is -0.462 e. The number of rotatable bonds is 3. The van der Waals surface area contributed by atoms with Gasteiger partial charge in [-0.05, 0) is 31.2 Å². The molecule has 0 aliphatic heterocycles. The van der Waals surface area contributed by atoms with Gasteiger partial charge in [-0.3, -0.25) is 0 Å². The van der Waals surface area contributed by atoms with E-state index in [4.69, 9.17) is 16.3 Å². The first-order valence-corrected chi connectivity index (χ1v) is 5.56. The molecule has 0 amide bonds. The zero-order chi connectivity index (χ0) is 12.3. The molecule has 5 heteroatoms. The summed E-state index contributed by atoms with van der Waals surface area (Å²) in [7, 11) is 0. The van der Waals surface area contributed by atoms with Crippen molar-refractivity contribution >= 4 is 17.6 Å². The minimum atomic E-state index is -0.368. The van der Waals surface area contributed by atoms with Crippen LogP contribution in [0.1, 0.15) is 17.3 Å². The van der Waals surface area contributed by atoms with Gasteiger partial charge in [0.1, 0.15) is 0 Å². The Bertz CT molecular complexity index is 520. The third-order valence-electron chi connectivity index (χ3n) is 2.18. The number of carbonyl (C=O) groups excluding carboxylic acids is 1. The van der Waals surface area contributed by atoms with Crippen molar-refractivity contribution in [2.45, 2.75) is 6.92 Å². The second-order valence-corrected chi connectivity index (χ2v) is 3.81. The summed E-state index contributed by atoms with van der Waals surface area (Å²) in [6, 6.07) is 7.18. The Morgan fingerprint density at radius 2 is 2.12 bits per heavy atom. The van der Waals surface area contributed by atoms with Crippen LogP contribution in [0.4, 0.5) is 0 Å². The fraction of sp³-hybridized carbons (Fsp3) is 0.167. The van der Waals surface area contributed by atoms with Gasteiger partial charge in [-0.2, -0.15) is 5.10 Å². The fourth-order valence-electron chi connectivity index (χ4n) is 1.38. The molecule has 0 N–H and O–H groups in total. The molecule has 0 bridgehead atoms. The van der Waals surface area contributed by atoms with E-state index in [1.165, 1.54) is 6.20 Å². The molecule has 1 heterocycles. The highest BCUT2D eigenvalue weighted by atomic mass is 35.5. The van der Waals surface area contributed by atoms with Gasteiger partial charge in [0.15, 0.2) is 0 Å². The minimum absolute atomic E-state index is 0.352. The molecule has 0 aliphatic rings. The fourth-order valence-corrected chi connectivity index (χ4v) is 1.50. The van der Waals surface area contributed by atoms with Gasteiger partial charge in [-0.1, -0.05) is 11.6 Å². The number of nitrogens with zero attached hydrogens (tertiary/aromatic N) is 2. The number of halogens is 1. The van der Waals surface area contributed by atoms with E-state index in [-0.39, 0.29) is 5.97 Å². The number of hydrogen-bond acceptors (Lipinski definition) is 3. The van der Waals surface area contributed by atoms with E-state index in [0.29, 0.717) is 17.2 Å². The number of ether oxygens (including phenoxy) is 1. The van der Waals surface area contributed by atoms with Crippen molar-refractivity contribution in [3.63, 3.8) is 0 Å². The van der Waals surface area contributed by atoms with Gasteiger partial charge >= 0.3 is 5.97 Å². The van der Waals surface area contributed by atoms with E-state index in [1.807, 2.05) is 12.1 Å². The summed E-state index contributed by atoms with van der Waals surface area (Å²) in [5.74, 6) is -0.368. The van der Waals surface area contributed by atoms with E-state index in [9.17, 15) is 4.79 Å². The molecule has 1 aromatic heterocycles. The van der Waals surface area contributed by atoms with Crippen molar-refractivity contribution < 1.29 is 9.53 Å². The summed E-state index contributed by atoms with van der Waals surface area (Å²) in [5, 5.41) is 4.75. The predicted molar refractivity (Wildman–Crippen MR) is 64.5 cm³/mol. The first kappa shape index (κ1) is 11.7. The molecule has 0 fully saturated rings. The van der Waals surface area contributed by atoms with Crippen molar-refractivity contribution in [2.24, 2.45) is 0 Å². The third kappa shape index (κ3) is 2.65. The molecule has 0 saturated carbocycles. The van der Waals surface area contributed by atoms with Crippen LogP contribution >= 0.6 is 11.6 Å². The molecule has 0 saturated heterocycles. The van der Waals surface area contributed by atoms with E-state index >= 15 is 0 Å². The van der Waals surface area contributed by atoms with Crippen molar-refractivity contribution in [2.75, 3.05) is 6.61 Å². The van der Waals surface area contributed by atoms with Crippen molar-refractivity contribution in [3.05, 3.63) is 47.2 Å². The van der Waals surface area contributed by atoms with Gasteiger partial charge in [-0.15, -0.1) is 0 Å². The average Bonchev–Trinajstić information content (AvgIpc) is 2.80. The molecular weight excluding hydrogens is 240 g/mol. The number of aromatic nitrogens is 2. The van der Waals surface area contributed by atoms with Crippen LogP contribution in [0.15, 0.2) is 36.7 Å². The zero-order valence-corrected chi connectivity index (χ0v) is 10.0. The predicted octanol–water partition coefficient (Wildman–Crippen LogP) is 2.70. The highest BCUT2D eigenvalue weighted by Crippen LogP contribution is 2.13. The second-order valence-electron chi connectivity index (χ2n) is 3.37. The van der Waals surface area contributed by atoms with Crippen LogP contribution in [-0.4, -0.2) is 22.4 Å². The highest BCUT2D eigenvalue weighted by Gasteiger charge is 2.09. The topological polar surface area (TPSA) is 44.1 Å². The van der Waals surface area contributed by atoms with E-state index in [2.05, 4.69) is 5.10 Å². The average molecular weight is 251 g/mol. The lowest BCUT2D eigenvalue weighted by molar-refractivity contribution is 0.0526. The maximum Gasteiger partial charge on any atom is 0.341 e. The first-order chi connectivity index (χ1) is 8.20. The molecule has 1 aromatic carbocycles. The van der Waals surface area contributed by atoms with Crippen LogP contribution in [0.25, 0.3) is 5.69 Å². The monoisotopic (exact) mass is 250 g/mol. The SMILES string of the molecule is CCOC(=O)c1cnn(-c2ccc(Cl)cc2)c1. The summed E-state index contributed by atoms with van der Waals surface area (Å²) < 4.78 is 6.48. The standard InChI is InChI=1S/C12H11ClN2O2/c1-2-17-12(16)9-7-14-15(8-9)11-5-3-10(13)4-6-11/h3-8H,2H2,1H3. The first-order valence-electron chi connectivity index (χ1n) is 5.18. The Morgan fingerprint density at radius 3 is 2.76 bits per heavy atom. The lowest BCUT2D eigenvalue weighted by Gasteiger charge is -2.00. The number of hydrogen-bond donors (Lipinski definition) is 0. The van der Waals surface area contributed by atoms with Gasteiger partial charge in [-0.25, -0.2) is 9.48 Å². The molecule has 88 valence electrons. The zero-order valence-electron chi connectivity index (χ0n) is 9.26. The van der Waals surface area contributed by atoms with Crippen LogP contribution in [0.3, 0.4) is 0 Å². The molecule has 0 unspecified atom stereocenters. The summed E-state index contributed by atoms with van der Waals surface area (Å²) in [5.41, 5.74) is 1.27. The second kappa shape index (κ2) is 5.01. The molecular formula is C12H11ClN2O2. The van der Waals surface area contributed by atoms with E-state index in [0.717, 1.165) is 5.69 Å². The van der Waals surface area contributed by atoms with Crippen LogP contribution in [0, 0.1) is 0 Å². The molecule has 0 radical (unpaired) electrons. The molecule has 0 aliphatic carbocycles. The van der Waals surface area contributed by atoms with E-state index < -0.39 is 0 Å². The molecule has 2 rings (SSSR count). The van der Waals surface area contributed by atoms with Crippen LogP contribution in [0.5, 0.6) is 0 Å². The Hall–Kier alpha value is -1.81. The van der Waals surface area contributed by atoms with Gasteiger partial charge in [0.05, 0.1) is 24.1 Å². The normalized spacial score (nSPS) is 10.2. The maximum atomic E-state index is 11.4. The highest BCUT2D eigenvalue weighted by molar-refractivity contribution is 6.30. The van der Waals surface area contributed by atoms with E-state index in [1.54, 1.807) is 29.9 Å². The molecule has 0 spiro atoms. The Balaban J connectivity index is 2.23. The largest absolute Gasteiger partial charge is 0.462 e. The molecule has 2 aromatic rings. The number of esters is 1. The summed E-state index contributed by atoms with van der Waals surface area (Å²) in [6.07, 6.45) is 3.10. The summed E-state index contributed by atoms with van der Waals surface area (Å²) >= 11 is 5.79. The van der Waals surface area contributed by atoms with Crippen molar-refractivity contribution in [3.8, 4) is 5.69 Å². The lowest BCUT2D eigenvalue weighted by Crippen LogP contribution is -2.03. The van der Waals surface area contributed by atoms with Crippen LogP contribution in [0.2, 0.25) is 5.02 Å². The van der Waals surface area contributed by atoms with Gasteiger partial charge in [0.25, 0.3) is 0 Å². The van der Waals surface area contributed by atoms with Gasteiger partial charge in [0.2, 0.25) is 0 Å². The Morgan fingerprint density at radius 1 is 1.41 bits per heavy atom. The Labute approximate surface area is 104 Å². The molecule has 4 nitrogen and oxygen atoms in total. The molecule has 17 heavy (non-hydrogen) atoms. The number of carbonyl (C=O) groups is 1. The maximum absolute atomic E-state index is 11.4. The smallest absolute Gasteiger partial charge is 0.341 e. The molecule has 0 atom stereocenters. The third-order valence-corrected chi connectivity index (χ3v) is 2.44. The summed E-state index contributed by atoms with van der Waals surface area (Å²) in [4.78, 5) is 11.4. The van der Waals surface area contributed by atoms with Gasteiger partial charge < -0.3 is 4.74 Å². The summed E-state index contributed by atoms with van der Waals surface area (Å²) in [6.45, 7) is 2.12. The Kier molecular flexibility index (Phi) is 3.44. The van der Waals surface area contributed by atoms with Crippen molar-refractivity contribution in [1.29, 1.82) is 0 Å².